The van der Waals surface area contributed by atoms with Crippen LogP contribution < -0.4 is 10.5 Å². The Morgan fingerprint density at radius 3 is 2.71 bits per heavy atom. The number of nitrogens with two attached hydrogens (primary N) is 1. The van der Waals surface area contributed by atoms with Gasteiger partial charge in [-0.05, 0) is 30.2 Å². The van der Waals surface area contributed by atoms with Crippen molar-refractivity contribution in [3.8, 4) is 5.75 Å². The van der Waals surface area contributed by atoms with Crippen molar-refractivity contribution in [2.75, 3.05) is 7.11 Å². The Bertz CT molecular complexity index is 473. The van der Waals surface area contributed by atoms with Crippen LogP contribution in [0.3, 0.4) is 0 Å². The van der Waals surface area contributed by atoms with Crippen LogP contribution in [0.15, 0.2) is 42.7 Å². The summed E-state index contributed by atoms with van der Waals surface area (Å²) in [4.78, 5) is 8.30. The van der Waals surface area contributed by atoms with Gasteiger partial charge in [-0.25, -0.2) is 9.97 Å². The second-order valence-electron chi connectivity index (χ2n) is 3.77. The minimum atomic E-state index is -0.191. The van der Waals surface area contributed by atoms with Crippen LogP contribution in [0.1, 0.15) is 17.4 Å². The summed E-state index contributed by atoms with van der Waals surface area (Å²) in [7, 11) is 1.65. The van der Waals surface area contributed by atoms with Gasteiger partial charge in [-0.3, -0.25) is 0 Å². The van der Waals surface area contributed by atoms with Gasteiger partial charge in [0, 0.05) is 12.4 Å². The molecule has 4 nitrogen and oxygen atoms in total. The number of ether oxygens (including phenoxy) is 1. The lowest BCUT2D eigenvalue weighted by molar-refractivity contribution is 0.414. The highest BCUT2D eigenvalue weighted by Crippen LogP contribution is 2.17. The van der Waals surface area contributed by atoms with Crippen molar-refractivity contribution < 1.29 is 4.74 Å². The number of hydrogen-bond acceptors (Lipinski definition) is 4. The van der Waals surface area contributed by atoms with E-state index < -0.39 is 0 Å². The lowest BCUT2D eigenvalue weighted by Crippen LogP contribution is -2.16. The van der Waals surface area contributed by atoms with Gasteiger partial charge in [0.1, 0.15) is 11.6 Å². The molecule has 1 heterocycles. The van der Waals surface area contributed by atoms with Crippen molar-refractivity contribution in [2.45, 2.75) is 12.5 Å². The Balaban J connectivity index is 2.10. The van der Waals surface area contributed by atoms with E-state index in [-0.39, 0.29) is 6.04 Å². The SMILES string of the molecule is COc1cccc(CC(N)c2ncccn2)c1. The third-order valence-electron chi connectivity index (χ3n) is 2.51. The number of methoxy groups -OCH3 is 1. The third-order valence-corrected chi connectivity index (χ3v) is 2.51. The average molecular weight is 229 g/mol. The number of rotatable bonds is 4. The summed E-state index contributed by atoms with van der Waals surface area (Å²) in [6.07, 6.45) is 4.10. The molecular formula is C13H15N3O. The molecule has 1 atom stereocenters. The van der Waals surface area contributed by atoms with Crippen LogP contribution in [0.4, 0.5) is 0 Å². The van der Waals surface area contributed by atoms with Gasteiger partial charge in [-0.2, -0.15) is 0 Å². The van der Waals surface area contributed by atoms with E-state index in [1.807, 2.05) is 24.3 Å². The first-order chi connectivity index (χ1) is 8.29. The minimum Gasteiger partial charge on any atom is -0.497 e. The summed E-state index contributed by atoms with van der Waals surface area (Å²) in [5.41, 5.74) is 7.17. The minimum absolute atomic E-state index is 0.191. The van der Waals surface area contributed by atoms with Crippen molar-refractivity contribution in [2.24, 2.45) is 5.73 Å². The zero-order chi connectivity index (χ0) is 12.1. The zero-order valence-corrected chi connectivity index (χ0v) is 9.71. The van der Waals surface area contributed by atoms with E-state index in [1.54, 1.807) is 25.6 Å². The first-order valence-electron chi connectivity index (χ1n) is 5.45. The molecule has 0 saturated heterocycles. The molecular weight excluding hydrogens is 214 g/mol. The first kappa shape index (κ1) is 11.5. The van der Waals surface area contributed by atoms with E-state index >= 15 is 0 Å². The topological polar surface area (TPSA) is 61.0 Å². The van der Waals surface area contributed by atoms with Gasteiger partial charge < -0.3 is 10.5 Å². The molecule has 1 aromatic carbocycles. The highest BCUT2D eigenvalue weighted by molar-refractivity contribution is 5.29. The van der Waals surface area contributed by atoms with Crippen LogP contribution in [0.5, 0.6) is 5.75 Å². The fourth-order valence-electron chi connectivity index (χ4n) is 1.65. The molecule has 4 heteroatoms. The maximum absolute atomic E-state index is 6.05. The summed E-state index contributed by atoms with van der Waals surface area (Å²) in [5.74, 6) is 1.50. The van der Waals surface area contributed by atoms with E-state index in [0.717, 1.165) is 11.3 Å². The number of hydrogen-bond donors (Lipinski definition) is 1. The third kappa shape index (κ3) is 3.01. The largest absolute Gasteiger partial charge is 0.497 e. The molecule has 2 rings (SSSR count). The van der Waals surface area contributed by atoms with Gasteiger partial charge in [0.05, 0.1) is 13.2 Å². The standard InChI is InChI=1S/C13H15N3O/c1-17-11-5-2-4-10(8-11)9-12(14)13-15-6-3-7-16-13/h2-8,12H,9,14H2,1H3. The van der Waals surface area contributed by atoms with Crippen molar-refractivity contribution in [1.82, 2.24) is 9.97 Å². The second-order valence-corrected chi connectivity index (χ2v) is 3.77. The summed E-state index contributed by atoms with van der Waals surface area (Å²) in [6.45, 7) is 0. The van der Waals surface area contributed by atoms with Crippen molar-refractivity contribution in [3.05, 3.63) is 54.1 Å². The Labute approximate surface area is 100 Å². The van der Waals surface area contributed by atoms with Gasteiger partial charge in [-0.15, -0.1) is 0 Å². The van der Waals surface area contributed by atoms with Crippen molar-refractivity contribution >= 4 is 0 Å². The van der Waals surface area contributed by atoms with Crippen LogP contribution in [-0.2, 0) is 6.42 Å². The number of nitrogens with zero attached hydrogens (tertiary/aromatic N) is 2. The Kier molecular flexibility index (Phi) is 3.67. The lowest BCUT2D eigenvalue weighted by Gasteiger charge is -2.10. The van der Waals surface area contributed by atoms with E-state index in [2.05, 4.69) is 9.97 Å². The Morgan fingerprint density at radius 1 is 1.24 bits per heavy atom. The Hall–Kier alpha value is -1.94. The van der Waals surface area contributed by atoms with Crippen molar-refractivity contribution in [3.63, 3.8) is 0 Å². The van der Waals surface area contributed by atoms with E-state index in [0.29, 0.717) is 12.2 Å². The first-order valence-corrected chi connectivity index (χ1v) is 5.45. The second kappa shape index (κ2) is 5.41. The molecule has 0 spiro atoms. The highest BCUT2D eigenvalue weighted by atomic mass is 16.5. The molecule has 0 fully saturated rings. The predicted molar refractivity (Wildman–Crippen MR) is 65.7 cm³/mol. The monoisotopic (exact) mass is 229 g/mol. The molecule has 0 aliphatic carbocycles. The van der Waals surface area contributed by atoms with Gasteiger partial charge in [-0.1, -0.05) is 12.1 Å². The molecule has 0 saturated carbocycles. The maximum atomic E-state index is 6.05. The van der Waals surface area contributed by atoms with Crippen LogP contribution in [0, 0.1) is 0 Å². The summed E-state index contributed by atoms with van der Waals surface area (Å²) >= 11 is 0. The molecule has 17 heavy (non-hydrogen) atoms. The summed E-state index contributed by atoms with van der Waals surface area (Å²) in [6, 6.07) is 9.44. The fraction of sp³-hybridized carbons (Fsp3) is 0.231. The van der Waals surface area contributed by atoms with Gasteiger partial charge in [0.2, 0.25) is 0 Å². The van der Waals surface area contributed by atoms with Crippen molar-refractivity contribution in [1.29, 1.82) is 0 Å². The normalized spacial score (nSPS) is 12.1. The number of benzene rings is 1. The molecule has 88 valence electrons. The van der Waals surface area contributed by atoms with Gasteiger partial charge in [0.25, 0.3) is 0 Å². The van der Waals surface area contributed by atoms with Crippen LogP contribution in [0.25, 0.3) is 0 Å². The molecule has 2 aromatic rings. The molecule has 1 aromatic heterocycles. The molecule has 0 aliphatic heterocycles. The maximum Gasteiger partial charge on any atom is 0.145 e. The quantitative estimate of drug-likeness (QED) is 0.867. The Morgan fingerprint density at radius 2 is 2.00 bits per heavy atom. The highest BCUT2D eigenvalue weighted by Gasteiger charge is 2.09. The molecule has 0 bridgehead atoms. The van der Waals surface area contributed by atoms with Crippen LogP contribution in [0.2, 0.25) is 0 Å². The van der Waals surface area contributed by atoms with E-state index in [1.165, 1.54) is 0 Å². The van der Waals surface area contributed by atoms with Crippen LogP contribution >= 0.6 is 0 Å². The molecule has 1 unspecified atom stereocenters. The molecule has 2 N–H and O–H groups in total. The predicted octanol–water partition coefficient (Wildman–Crippen LogP) is 1.73. The smallest absolute Gasteiger partial charge is 0.145 e. The van der Waals surface area contributed by atoms with E-state index in [9.17, 15) is 0 Å². The van der Waals surface area contributed by atoms with Gasteiger partial charge >= 0.3 is 0 Å². The average Bonchev–Trinajstić information content (AvgIpc) is 2.40. The fourth-order valence-corrected chi connectivity index (χ4v) is 1.65. The molecule has 0 amide bonds. The lowest BCUT2D eigenvalue weighted by atomic mass is 10.1. The van der Waals surface area contributed by atoms with E-state index in [4.69, 9.17) is 10.5 Å². The summed E-state index contributed by atoms with van der Waals surface area (Å²) < 4.78 is 5.17. The summed E-state index contributed by atoms with van der Waals surface area (Å²) in [5, 5.41) is 0. The molecule has 0 radical (unpaired) electrons. The van der Waals surface area contributed by atoms with Gasteiger partial charge in [0.15, 0.2) is 0 Å². The molecule has 0 aliphatic rings. The number of aromatic nitrogens is 2. The zero-order valence-electron chi connectivity index (χ0n) is 9.71. The van der Waals surface area contributed by atoms with Crippen LogP contribution in [-0.4, -0.2) is 17.1 Å².